The van der Waals surface area contributed by atoms with Crippen molar-refractivity contribution in [2.75, 3.05) is 10.8 Å². The van der Waals surface area contributed by atoms with Crippen LogP contribution in [0.5, 0.6) is 11.5 Å². The first-order chi connectivity index (χ1) is 21.0. The van der Waals surface area contributed by atoms with Crippen molar-refractivity contribution in [2.24, 2.45) is 5.41 Å². The molecule has 0 spiro atoms. The maximum atomic E-state index is 14.3. The molecule has 0 unspecified atom stereocenters. The van der Waals surface area contributed by atoms with E-state index in [2.05, 4.69) is 4.74 Å². The van der Waals surface area contributed by atoms with Crippen molar-refractivity contribution in [1.82, 2.24) is 0 Å². The van der Waals surface area contributed by atoms with Crippen molar-refractivity contribution in [3.05, 3.63) is 72.0 Å². The largest absolute Gasteiger partial charge is 0.486 e. The molecule has 0 aromatic heterocycles. The van der Waals surface area contributed by atoms with Crippen molar-refractivity contribution >= 4 is 21.7 Å². The van der Waals surface area contributed by atoms with Gasteiger partial charge in [-0.15, -0.1) is 0 Å². The van der Waals surface area contributed by atoms with Gasteiger partial charge in [0.25, 0.3) is 10.0 Å². The highest BCUT2D eigenvalue weighted by atomic mass is 32.2. The summed E-state index contributed by atoms with van der Waals surface area (Å²) in [6.45, 7) is -3.86. The SMILES string of the molecule is O=C(O)[C@@]1(C[C@H]2CN(S(=O)(=O)c3cccc(C(F)(F)F)c3)c3cc(-c4cc(F)cc(OC(F)F)c4)ccc3O2)C[C@@H](O)[C@@H](O)C1. The van der Waals surface area contributed by atoms with Gasteiger partial charge in [-0.3, -0.25) is 9.10 Å². The molecule has 5 rings (SSSR count). The lowest BCUT2D eigenvalue weighted by molar-refractivity contribution is -0.151. The summed E-state index contributed by atoms with van der Waals surface area (Å²) in [4.78, 5) is 11.5. The highest BCUT2D eigenvalue weighted by Gasteiger charge is 2.52. The summed E-state index contributed by atoms with van der Waals surface area (Å²) < 4.78 is 119. The van der Waals surface area contributed by atoms with Gasteiger partial charge in [0.15, 0.2) is 0 Å². The fourth-order valence-electron chi connectivity index (χ4n) is 5.71. The van der Waals surface area contributed by atoms with Crippen molar-refractivity contribution < 1.29 is 64.3 Å². The molecule has 3 aromatic carbocycles. The number of sulfonamides is 1. The van der Waals surface area contributed by atoms with E-state index in [0.29, 0.717) is 18.2 Å². The number of hydrogen-bond donors (Lipinski definition) is 3. The molecule has 242 valence electrons. The molecule has 1 aliphatic carbocycles. The second-order valence-corrected chi connectivity index (χ2v) is 12.7. The van der Waals surface area contributed by atoms with Gasteiger partial charge in [-0.2, -0.15) is 22.0 Å². The van der Waals surface area contributed by atoms with E-state index in [1.165, 1.54) is 18.2 Å². The molecule has 1 aliphatic heterocycles. The Morgan fingerprint density at radius 1 is 1.02 bits per heavy atom. The number of aliphatic hydroxyl groups excluding tert-OH is 2. The van der Waals surface area contributed by atoms with Gasteiger partial charge in [-0.1, -0.05) is 12.1 Å². The van der Waals surface area contributed by atoms with Crippen LogP contribution >= 0.6 is 0 Å². The van der Waals surface area contributed by atoms with Crippen LogP contribution in [0.4, 0.5) is 32.0 Å². The van der Waals surface area contributed by atoms with Crippen LogP contribution < -0.4 is 13.8 Å². The molecule has 1 saturated carbocycles. The van der Waals surface area contributed by atoms with Crippen molar-refractivity contribution in [2.45, 2.75) is 55.3 Å². The Morgan fingerprint density at radius 2 is 1.71 bits per heavy atom. The second-order valence-electron chi connectivity index (χ2n) is 10.9. The monoisotopic (exact) mass is 661 g/mol. The summed E-state index contributed by atoms with van der Waals surface area (Å²) in [5, 5.41) is 30.2. The van der Waals surface area contributed by atoms with Crippen LogP contribution in [-0.4, -0.2) is 61.2 Å². The van der Waals surface area contributed by atoms with Gasteiger partial charge in [-0.25, -0.2) is 12.8 Å². The molecule has 16 heteroatoms. The van der Waals surface area contributed by atoms with Gasteiger partial charge in [0.2, 0.25) is 0 Å². The van der Waals surface area contributed by atoms with E-state index in [1.807, 2.05) is 0 Å². The first-order valence-electron chi connectivity index (χ1n) is 13.3. The zero-order valence-electron chi connectivity index (χ0n) is 22.9. The Hall–Kier alpha value is -4.02. The van der Waals surface area contributed by atoms with Gasteiger partial charge in [0, 0.05) is 12.5 Å². The van der Waals surface area contributed by atoms with Crippen LogP contribution in [0.3, 0.4) is 0 Å². The fraction of sp³-hybridized carbons (Fsp3) is 0.345. The number of nitrogens with zero attached hydrogens (tertiary/aromatic N) is 1. The molecule has 3 N–H and O–H groups in total. The van der Waals surface area contributed by atoms with Crippen LogP contribution in [0.25, 0.3) is 11.1 Å². The third-order valence-corrected chi connectivity index (χ3v) is 9.56. The average Bonchev–Trinajstić information content (AvgIpc) is 3.24. The maximum absolute atomic E-state index is 14.3. The van der Waals surface area contributed by atoms with Crippen LogP contribution in [0.15, 0.2) is 65.6 Å². The second kappa shape index (κ2) is 11.7. The number of carbonyl (C=O) groups is 1. The van der Waals surface area contributed by atoms with Crippen LogP contribution in [0.1, 0.15) is 24.8 Å². The minimum atomic E-state index is -4.88. The lowest BCUT2D eigenvalue weighted by Crippen LogP contribution is -2.47. The van der Waals surface area contributed by atoms with Crippen molar-refractivity contribution in [3.8, 4) is 22.6 Å². The van der Waals surface area contributed by atoms with E-state index in [1.54, 1.807) is 0 Å². The smallest absolute Gasteiger partial charge is 0.416 e. The summed E-state index contributed by atoms with van der Waals surface area (Å²) in [5.41, 5.74) is -3.08. The summed E-state index contributed by atoms with van der Waals surface area (Å²) in [5.74, 6) is -2.98. The molecule has 0 radical (unpaired) electrons. The molecular weight excluding hydrogens is 636 g/mol. The Labute approximate surface area is 252 Å². The molecule has 2 aliphatic rings. The van der Waals surface area contributed by atoms with Gasteiger partial charge in [0.05, 0.1) is 40.3 Å². The Morgan fingerprint density at radius 3 is 2.33 bits per heavy atom. The summed E-state index contributed by atoms with van der Waals surface area (Å²) >= 11 is 0. The number of rotatable bonds is 8. The number of aliphatic carboxylic acids is 1. The molecule has 0 saturated heterocycles. The number of carboxylic acids is 1. The van der Waals surface area contributed by atoms with Crippen LogP contribution in [0.2, 0.25) is 0 Å². The molecule has 3 aromatic rings. The third kappa shape index (κ3) is 6.53. The molecule has 9 nitrogen and oxygen atoms in total. The number of aliphatic hydroxyl groups is 2. The molecule has 0 amide bonds. The number of carboxylic acid groups (broad SMARTS) is 1. The topological polar surface area (TPSA) is 134 Å². The van der Waals surface area contributed by atoms with Crippen LogP contribution in [0, 0.1) is 11.2 Å². The highest BCUT2D eigenvalue weighted by Crippen LogP contribution is 2.47. The van der Waals surface area contributed by atoms with E-state index >= 15 is 0 Å². The zero-order valence-corrected chi connectivity index (χ0v) is 23.7. The normalized spacial score (nSPS) is 23.5. The number of halogens is 6. The first kappa shape index (κ1) is 32.4. The third-order valence-electron chi connectivity index (χ3n) is 7.79. The van der Waals surface area contributed by atoms with Gasteiger partial charge >= 0.3 is 18.8 Å². The molecule has 45 heavy (non-hydrogen) atoms. The molecule has 1 heterocycles. The number of alkyl halides is 5. The van der Waals surface area contributed by atoms with E-state index < -0.39 is 81.1 Å². The van der Waals surface area contributed by atoms with Crippen molar-refractivity contribution in [1.29, 1.82) is 0 Å². The predicted octanol–water partition coefficient (Wildman–Crippen LogP) is 5.05. The van der Waals surface area contributed by atoms with Gasteiger partial charge in [0.1, 0.15) is 23.4 Å². The van der Waals surface area contributed by atoms with E-state index in [9.17, 15) is 54.9 Å². The molecular formula is C29H25F6NO8S. The standard InChI is InChI=1S/C29H25F6NO8S/c30-18-6-16(7-19(10-18)44-27(31)32)15-4-5-25-22(8-15)36(45(41,42)21-3-1-2-17(9-21)29(33,34)35)14-20(43-25)11-28(26(39)40)12-23(37)24(38)13-28/h1-10,20,23-24,27,37-38H,11-14H2,(H,39,40)/t20-,23-,24+,28+/m0/s1. The van der Waals surface area contributed by atoms with Crippen molar-refractivity contribution in [3.63, 3.8) is 0 Å². The lowest BCUT2D eigenvalue weighted by Gasteiger charge is -2.38. The average molecular weight is 662 g/mol. The minimum Gasteiger partial charge on any atom is -0.486 e. The quantitative estimate of drug-likeness (QED) is 0.286. The Kier molecular flexibility index (Phi) is 8.44. The number of ether oxygens (including phenoxy) is 2. The number of hydrogen-bond acceptors (Lipinski definition) is 7. The van der Waals surface area contributed by atoms with Gasteiger partial charge in [-0.05, 0) is 66.4 Å². The lowest BCUT2D eigenvalue weighted by atomic mass is 9.80. The van der Waals surface area contributed by atoms with E-state index in [-0.39, 0.29) is 41.8 Å². The van der Waals surface area contributed by atoms with Crippen LogP contribution in [-0.2, 0) is 21.0 Å². The minimum absolute atomic E-state index is 0.00856. The van der Waals surface area contributed by atoms with Gasteiger partial charge < -0.3 is 24.8 Å². The fourth-order valence-corrected chi connectivity index (χ4v) is 7.25. The number of benzene rings is 3. The summed E-state index contributed by atoms with van der Waals surface area (Å²) in [6, 6.07) is 9.52. The first-order valence-corrected chi connectivity index (χ1v) is 14.8. The zero-order chi connectivity index (χ0) is 32.9. The molecule has 4 atom stereocenters. The predicted molar refractivity (Wildman–Crippen MR) is 145 cm³/mol. The Balaban J connectivity index is 1.60. The van der Waals surface area contributed by atoms with E-state index in [4.69, 9.17) is 4.74 Å². The molecule has 0 bridgehead atoms. The summed E-state index contributed by atoms with van der Waals surface area (Å²) in [7, 11) is -4.81. The van der Waals surface area contributed by atoms with E-state index in [0.717, 1.165) is 28.6 Å². The Bertz CT molecular complexity index is 1710. The molecule has 1 fully saturated rings. The summed E-state index contributed by atoms with van der Waals surface area (Å²) in [6.07, 6.45) is -9.93. The maximum Gasteiger partial charge on any atom is 0.416 e. The number of fused-ring (bicyclic) bond motifs is 1. The number of anilines is 1. The highest BCUT2D eigenvalue weighted by molar-refractivity contribution is 7.92.